The smallest absolute Gasteiger partial charge is 0.221 e. The van der Waals surface area contributed by atoms with Crippen molar-refractivity contribution < 1.29 is 22.7 Å². The second-order valence-corrected chi connectivity index (χ2v) is 8.78. The Bertz CT molecular complexity index is 747. The number of rotatable bonds is 7. The minimum absolute atomic E-state index is 0.0572. The molecule has 0 saturated carbocycles. The van der Waals surface area contributed by atoms with Gasteiger partial charge >= 0.3 is 0 Å². The minimum atomic E-state index is -3.56. The molecule has 1 fully saturated rings. The molecule has 1 aromatic rings. The standard InChI is InChI=1S/C18H27N3O5S/c22-18(20-7-10-21-8-5-19-6-9-21)4-13-27(23,24)15-2-3-16-17(14-15)26-12-1-11-25-16/h2-3,14,19H,1,4-13H2,(H,20,22). The van der Waals surface area contributed by atoms with Crippen LogP contribution < -0.4 is 20.1 Å². The van der Waals surface area contributed by atoms with Crippen LogP contribution in [-0.4, -0.2) is 77.5 Å². The van der Waals surface area contributed by atoms with E-state index < -0.39 is 9.84 Å². The Balaban J connectivity index is 1.47. The van der Waals surface area contributed by atoms with Crippen LogP contribution in [0.1, 0.15) is 12.8 Å². The molecule has 0 bridgehead atoms. The molecule has 0 radical (unpaired) electrons. The van der Waals surface area contributed by atoms with Crippen molar-refractivity contribution in [3.05, 3.63) is 18.2 Å². The number of amides is 1. The van der Waals surface area contributed by atoms with E-state index in [1.54, 1.807) is 6.07 Å². The number of benzene rings is 1. The quantitative estimate of drug-likeness (QED) is 0.670. The van der Waals surface area contributed by atoms with Crippen LogP contribution >= 0.6 is 0 Å². The van der Waals surface area contributed by atoms with Crippen molar-refractivity contribution in [1.29, 1.82) is 0 Å². The summed E-state index contributed by atoms with van der Waals surface area (Å²) in [6, 6.07) is 4.60. The fourth-order valence-electron chi connectivity index (χ4n) is 3.06. The number of piperazine rings is 1. The topological polar surface area (TPSA) is 97.0 Å². The minimum Gasteiger partial charge on any atom is -0.490 e. The van der Waals surface area contributed by atoms with Crippen LogP contribution in [0.15, 0.2) is 23.1 Å². The maximum atomic E-state index is 12.5. The van der Waals surface area contributed by atoms with Crippen LogP contribution in [0.5, 0.6) is 11.5 Å². The Morgan fingerprint density at radius 3 is 2.67 bits per heavy atom. The Hall–Kier alpha value is -1.84. The summed E-state index contributed by atoms with van der Waals surface area (Å²) in [5.41, 5.74) is 0. The van der Waals surface area contributed by atoms with E-state index in [1.165, 1.54) is 12.1 Å². The zero-order chi connectivity index (χ0) is 19.1. The Morgan fingerprint density at radius 1 is 1.15 bits per heavy atom. The molecule has 0 spiro atoms. The molecule has 150 valence electrons. The lowest BCUT2D eigenvalue weighted by Crippen LogP contribution is -2.46. The third-order valence-corrected chi connectivity index (χ3v) is 6.35. The zero-order valence-corrected chi connectivity index (χ0v) is 16.2. The largest absolute Gasteiger partial charge is 0.490 e. The van der Waals surface area contributed by atoms with Gasteiger partial charge in [-0.1, -0.05) is 0 Å². The summed E-state index contributed by atoms with van der Waals surface area (Å²) in [4.78, 5) is 14.4. The van der Waals surface area contributed by atoms with Crippen molar-refractivity contribution in [2.75, 3.05) is 58.2 Å². The summed E-state index contributed by atoms with van der Waals surface area (Å²) in [7, 11) is -3.56. The monoisotopic (exact) mass is 397 g/mol. The first-order valence-electron chi connectivity index (χ1n) is 9.37. The molecule has 1 amide bonds. The van der Waals surface area contributed by atoms with Gasteiger partial charge in [-0.2, -0.15) is 0 Å². The molecule has 3 rings (SSSR count). The molecule has 9 heteroatoms. The fraction of sp³-hybridized carbons (Fsp3) is 0.611. The lowest BCUT2D eigenvalue weighted by molar-refractivity contribution is -0.120. The highest BCUT2D eigenvalue weighted by Crippen LogP contribution is 2.32. The number of nitrogens with zero attached hydrogens (tertiary/aromatic N) is 1. The summed E-state index contributed by atoms with van der Waals surface area (Å²) < 4.78 is 36.1. The van der Waals surface area contributed by atoms with Crippen LogP contribution in [0.3, 0.4) is 0 Å². The van der Waals surface area contributed by atoms with E-state index in [1.807, 2.05) is 0 Å². The van der Waals surface area contributed by atoms with Gasteiger partial charge in [-0.3, -0.25) is 9.69 Å². The number of nitrogens with one attached hydrogen (secondary N) is 2. The van der Waals surface area contributed by atoms with Gasteiger partial charge < -0.3 is 20.1 Å². The molecule has 2 N–H and O–H groups in total. The van der Waals surface area contributed by atoms with Crippen molar-refractivity contribution in [1.82, 2.24) is 15.5 Å². The number of sulfone groups is 1. The molecule has 8 nitrogen and oxygen atoms in total. The fourth-order valence-corrected chi connectivity index (χ4v) is 4.31. The Morgan fingerprint density at radius 2 is 1.89 bits per heavy atom. The molecule has 2 aliphatic heterocycles. The average molecular weight is 397 g/mol. The van der Waals surface area contributed by atoms with Crippen LogP contribution in [0.25, 0.3) is 0 Å². The van der Waals surface area contributed by atoms with Gasteiger partial charge in [0.2, 0.25) is 5.91 Å². The zero-order valence-electron chi connectivity index (χ0n) is 15.4. The highest BCUT2D eigenvalue weighted by atomic mass is 32.2. The van der Waals surface area contributed by atoms with E-state index in [-0.39, 0.29) is 23.0 Å². The van der Waals surface area contributed by atoms with E-state index in [9.17, 15) is 13.2 Å². The number of hydrogen-bond acceptors (Lipinski definition) is 7. The predicted octanol–water partition coefficient (Wildman–Crippen LogP) is 0.0331. The van der Waals surface area contributed by atoms with Gasteiger partial charge in [0.25, 0.3) is 0 Å². The van der Waals surface area contributed by atoms with E-state index in [4.69, 9.17) is 9.47 Å². The molecule has 0 atom stereocenters. The normalized spacial score (nSPS) is 17.9. The van der Waals surface area contributed by atoms with Gasteiger partial charge in [0.15, 0.2) is 21.3 Å². The maximum absolute atomic E-state index is 12.5. The summed E-state index contributed by atoms with van der Waals surface area (Å²) in [6.07, 6.45) is 0.698. The van der Waals surface area contributed by atoms with E-state index in [2.05, 4.69) is 15.5 Å². The molecule has 0 unspecified atom stereocenters. The van der Waals surface area contributed by atoms with E-state index >= 15 is 0 Å². The summed E-state index contributed by atoms with van der Waals surface area (Å²) in [5, 5.41) is 6.08. The number of carbonyl (C=O) groups excluding carboxylic acids is 1. The van der Waals surface area contributed by atoms with Crippen LogP contribution in [-0.2, 0) is 14.6 Å². The molecule has 0 aromatic heterocycles. The second-order valence-electron chi connectivity index (χ2n) is 6.67. The molecule has 0 aliphatic carbocycles. The Kier molecular flexibility index (Phi) is 6.92. The number of hydrogen-bond donors (Lipinski definition) is 2. The van der Waals surface area contributed by atoms with Crippen molar-refractivity contribution in [2.24, 2.45) is 0 Å². The summed E-state index contributed by atoms with van der Waals surface area (Å²) in [6.45, 7) is 6.20. The van der Waals surface area contributed by atoms with Crippen LogP contribution in [0.4, 0.5) is 0 Å². The van der Waals surface area contributed by atoms with Gasteiger partial charge in [-0.15, -0.1) is 0 Å². The molecule has 1 aromatic carbocycles. The first-order valence-corrected chi connectivity index (χ1v) is 11.0. The number of fused-ring (bicyclic) bond motifs is 1. The molecule has 1 saturated heterocycles. The van der Waals surface area contributed by atoms with Crippen molar-refractivity contribution in [3.8, 4) is 11.5 Å². The summed E-state index contributed by atoms with van der Waals surface area (Å²) >= 11 is 0. The lowest BCUT2D eigenvalue weighted by atomic mass is 10.3. The lowest BCUT2D eigenvalue weighted by Gasteiger charge is -2.27. The van der Waals surface area contributed by atoms with Gasteiger partial charge in [0.1, 0.15) is 0 Å². The molecular formula is C18H27N3O5S. The third-order valence-electron chi connectivity index (χ3n) is 4.64. The van der Waals surface area contributed by atoms with Gasteiger partial charge in [-0.25, -0.2) is 8.42 Å². The average Bonchev–Trinajstić information content (AvgIpc) is 2.92. The SMILES string of the molecule is O=C(CCS(=O)(=O)c1ccc2c(c1)OCCCO2)NCCN1CCNCC1. The van der Waals surface area contributed by atoms with E-state index in [0.717, 1.165) is 39.1 Å². The van der Waals surface area contributed by atoms with Crippen molar-refractivity contribution >= 4 is 15.7 Å². The predicted molar refractivity (Wildman–Crippen MR) is 101 cm³/mol. The van der Waals surface area contributed by atoms with Gasteiger partial charge in [0.05, 0.1) is 23.9 Å². The van der Waals surface area contributed by atoms with Crippen LogP contribution in [0.2, 0.25) is 0 Å². The summed E-state index contributed by atoms with van der Waals surface area (Å²) in [5.74, 6) is 0.515. The van der Waals surface area contributed by atoms with E-state index in [0.29, 0.717) is 31.3 Å². The molecule has 27 heavy (non-hydrogen) atoms. The first-order chi connectivity index (χ1) is 13.0. The van der Waals surface area contributed by atoms with Gasteiger partial charge in [-0.05, 0) is 12.1 Å². The first kappa shape index (κ1) is 19.9. The van der Waals surface area contributed by atoms with Crippen molar-refractivity contribution in [2.45, 2.75) is 17.7 Å². The highest BCUT2D eigenvalue weighted by molar-refractivity contribution is 7.91. The molecular weight excluding hydrogens is 370 g/mol. The third kappa shape index (κ3) is 5.82. The highest BCUT2D eigenvalue weighted by Gasteiger charge is 2.20. The number of carbonyl (C=O) groups is 1. The second kappa shape index (κ2) is 9.38. The maximum Gasteiger partial charge on any atom is 0.221 e. The van der Waals surface area contributed by atoms with Crippen LogP contribution in [0, 0.1) is 0 Å². The van der Waals surface area contributed by atoms with Crippen molar-refractivity contribution in [3.63, 3.8) is 0 Å². The Labute approximate surface area is 160 Å². The molecule has 2 aliphatic rings. The van der Waals surface area contributed by atoms with Gasteiger partial charge in [0, 0.05) is 58.2 Å². The molecule has 2 heterocycles. The number of ether oxygens (including phenoxy) is 2.